The van der Waals surface area contributed by atoms with Crippen LogP contribution >= 0.6 is 12.4 Å². The summed E-state index contributed by atoms with van der Waals surface area (Å²) < 4.78 is 0. The number of rotatable bonds is 4. The van der Waals surface area contributed by atoms with E-state index in [4.69, 9.17) is 10.8 Å². The van der Waals surface area contributed by atoms with Crippen LogP contribution in [0.1, 0.15) is 40.5 Å². The van der Waals surface area contributed by atoms with Gasteiger partial charge in [0.05, 0.1) is 0 Å². The minimum Gasteiger partial charge on any atom is -0.480 e. The van der Waals surface area contributed by atoms with Crippen molar-refractivity contribution in [3.05, 3.63) is 0 Å². The van der Waals surface area contributed by atoms with Gasteiger partial charge in [0.2, 0.25) is 0 Å². The Kier molecular flexibility index (Phi) is 7.21. The molecule has 2 atom stereocenters. The van der Waals surface area contributed by atoms with Crippen molar-refractivity contribution in [2.75, 3.05) is 0 Å². The summed E-state index contributed by atoms with van der Waals surface area (Å²) in [6.07, 6.45) is 1.57. The highest BCUT2D eigenvalue weighted by Crippen LogP contribution is 2.26. The predicted octanol–water partition coefficient (Wildman–Crippen LogP) is 2.28. The van der Waals surface area contributed by atoms with Gasteiger partial charge in [0.25, 0.3) is 0 Å². The highest BCUT2D eigenvalue weighted by molar-refractivity contribution is 5.85. The van der Waals surface area contributed by atoms with Crippen molar-refractivity contribution >= 4 is 18.4 Å². The Labute approximate surface area is 92.5 Å². The summed E-state index contributed by atoms with van der Waals surface area (Å²) in [7, 11) is 0. The van der Waals surface area contributed by atoms with Crippen LogP contribution in [-0.4, -0.2) is 17.1 Å². The van der Waals surface area contributed by atoms with Crippen molar-refractivity contribution in [3.63, 3.8) is 0 Å². The fourth-order valence-corrected chi connectivity index (χ4v) is 1.66. The maximum Gasteiger partial charge on any atom is 0.320 e. The number of aliphatic carboxylic acids is 1. The Bertz CT molecular complexity index is 177. The predicted molar refractivity (Wildman–Crippen MR) is 60.7 cm³/mol. The molecule has 3 N–H and O–H groups in total. The molecule has 0 saturated carbocycles. The number of halogens is 1. The number of nitrogens with two attached hydrogens (primary N) is 1. The minimum absolute atomic E-state index is 0. The van der Waals surface area contributed by atoms with Gasteiger partial charge in [0.15, 0.2) is 0 Å². The molecule has 0 fully saturated rings. The van der Waals surface area contributed by atoms with Gasteiger partial charge in [-0.15, -0.1) is 12.4 Å². The lowest BCUT2D eigenvalue weighted by Gasteiger charge is -2.24. The first-order valence-electron chi connectivity index (χ1n) is 4.71. The summed E-state index contributed by atoms with van der Waals surface area (Å²) >= 11 is 0. The summed E-state index contributed by atoms with van der Waals surface area (Å²) in [6, 6.07) is -0.711. The Morgan fingerprint density at radius 1 is 1.43 bits per heavy atom. The number of carbonyl (C=O) groups is 1. The molecule has 0 radical (unpaired) electrons. The third kappa shape index (κ3) is 8.32. The second kappa shape index (κ2) is 6.25. The Morgan fingerprint density at radius 3 is 2.14 bits per heavy atom. The molecular formula is C10H22ClNO2. The lowest BCUT2D eigenvalue weighted by molar-refractivity contribution is -0.139. The van der Waals surface area contributed by atoms with Gasteiger partial charge in [-0.3, -0.25) is 4.79 Å². The molecule has 0 saturated heterocycles. The third-order valence-corrected chi connectivity index (χ3v) is 1.93. The third-order valence-electron chi connectivity index (χ3n) is 1.93. The van der Waals surface area contributed by atoms with E-state index in [9.17, 15) is 4.79 Å². The summed E-state index contributed by atoms with van der Waals surface area (Å²) in [5.41, 5.74) is 5.68. The average molecular weight is 224 g/mol. The van der Waals surface area contributed by atoms with Crippen molar-refractivity contribution in [1.29, 1.82) is 0 Å². The molecule has 0 amide bonds. The molecule has 0 aromatic carbocycles. The molecule has 0 heterocycles. The quantitative estimate of drug-likeness (QED) is 0.769. The average Bonchev–Trinajstić information content (AvgIpc) is 1.81. The molecule has 14 heavy (non-hydrogen) atoms. The van der Waals surface area contributed by atoms with Crippen molar-refractivity contribution in [2.45, 2.75) is 46.6 Å². The van der Waals surface area contributed by atoms with Crippen molar-refractivity contribution < 1.29 is 9.90 Å². The normalized spacial score (nSPS) is 15.5. The molecule has 0 aromatic rings. The van der Waals surface area contributed by atoms with Gasteiger partial charge in [-0.25, -0.2) is 0 Å². The standard InChI is InChI=1S/C10H21NO2.ClH/c1-7(6-10(2,3)4)5-8(11)9(12)13;/h7-8H,5-6,11H2,1-4H3,(H,12,13);1H/t7?,8-;/m0./s1. The van der Waals surface area contributed by atoms with Gasteiger partial charge in [0, 0.05) is 0 Å². The van der Waals surface area contributed by atoms with Crippen LogP contribution in [0, 0.1) is 11.3 Å². The monoisotopic (exact) mass is 223 g/mol. The molecule has 4 heteroatoms. The number of carboxylic acids is 1. The second-order valence-electron chi connectivity index (χ2n) is 5.05. The van der Waals surface area contributed by atoms with Gasteiger partial charge in [0.1, 0.15) is 6.04 Å². The highest BCUT2D eigenvalue weighted by Gasteiger charge is 2.20. The van der Waals surface area contributed by atoms with Crippen LogP contribution in [0.25, 0.3) is 0 Å². The first kappa shape index (κ1) is 16.2. The minimum atomic E-state index is -0.902. The maximum absolute atomic E-state index is 10.5. The van der Waals surface area contributed by atoms with Crippen LogP contribution < -0.4 is 5.73 Å². The maximum atomic E-state index is 10.5. The number of hydrogen-bond acceptors (Lipinski definition) is 2. The van der Waals surface area contributed by atoms with E-state index in [1.807, 2.05) is 6.92 Å². The molecule has 0 aliphatic carbocycles. The van der Waals surface area contributed by atoms with Crippen LogP contribution in [0.3, 0.4) is 0 Å². The van der Waals surface area contributed by atoms with E-state index in [0.717, 1.165) is 6.42 Å². The van der Waals surface area contributed by atoms with E-state index >= 15 is 0 Å². The van der Waals surface area contributed by atoms with Crippen LogP contribution in [0.15, 0.2) is 0 Å². The van der Waals surface area contributed by atoms with Gasteiger partial charge < -0.3 is 10.8 Å². The van der Waals surface area contributed by atoms with Crippen LogP contribution in [0.2, 0.25) is 0 Å². The molecule has 0 bridgehead atoms. The summed E-state index contributed by atoms with van der Waals surface area (Å²) in [4.78, 5) is 10.5. The summed E-state index contributed by atoms with van der Waals surface area (Å²) in [5, 5.41) is 8.60. The zero-order chi connectivity index (χ0) is 10.6. The molecule has 3 nitrogen and oxygen atoms in total. The zero-order valence-electron chi connectivity index (χ0n) is 9.41. The lowest BCUT2D eigenvalue weighted by Crippen LogP contribution is -2.32. The molecule has 0 aliphatic rings. The van der Waals surface area contributed by atoms with E-state index in [-0.39, 0.29) is 17.8 Å². The van der Waals surface area contributed by atoms with Crippen LogP contribution in [0.5, 0.6) is 0 Å². The molecule has 0 aliphatic heterocycles. The van der Waals surface area contributed by atoms with E-state index < -0.39 is 12.0 Å². The molecule has 0 spiro atoms. The van der Waals surface area contributed by atoms with Gasteiger partial charge in [-0.1, -0.05) is 27.7 Å². The smallest absolute Gasteiger partial charge is 0.320 e. The Morgan fingerprint density at radius 2 is 1.86 bits per heavy atom. The number of hydrogen-bond donors (Lipinski definition) is 2. The van der Waals surface area contributed by atoms with Crippen molar-refractivity contribution in [3.8, 4) is 0 Å². The Hall–Kier alpha value is -0.280. The van der Waals surface area contributed by atoms with Crippen molar-refractivity contribution in [2.24, 2.45) is 17.1 Å². The fourth-order valence-electron chi connectivity index (χ4n) is 1.66. The summed E-state index contributed by atoms with van der Waals surface area (Å²) in [6.45, 7) is 8.50. The molecule has 86 valence electrons. The van der Waals surface area contributed by atoms with Gasteiger partial charge in [-0.2, -0.15) is 0 Å². The van der Waals surface area contributed by atoms with Gasteiger partial charge >= 0.3 is 5.97 Å². The van der Waals surface area contributed by atoms with Crippen LogP contribution in [0.4, 0.5) is 0 Å². The van der Waals surface area contributed by atoms with Crippen LogP contribution in [-0.2, 0) is 4.79 Å². The molecular weight excluding hydrogens is 202 g/mol. The van der Waals surface area contributed by atoms with E-state index in [1.54, 1.807) is 0 Å². The molecule has 0 aromatic heterocycles. The highest BCUT2D eigenvalue weighted by atomic mass is 35.5. The van der Waals surface area contributed by atoms with Gasteiger partial charge in [-0.05, 0) is 24.2 Å². The SMILES string of the molecule is CC(C[C@H](N)C(=O)O)CC(C)(C)C.Cl. The molecule has 1 unspecified atom stereocenters. The first-order valence-corrected chi connectivity index (χ1v) is 4.71. The second-order valence-corrected chi connectivity index (χ2v) is 5.05. The lowest BCUT2D eigenvalue weighted by atomic mass is 9.83. The topological polar surface area (TPSA) is 63.3 Å². The van der Waals surface area contributed by atoms with E-state index in [1.165, 1.54) is 0 Å². The largest absolute Gasteiger partial charge is 0.480 e. The van der Waals surface area contributed by atoms with Crippen molar-refractivity contribution in [1.82, 2.24) is 0 Å². The zero-order valence-corrected chi connectivity index (χ0v) is 10.2. The Balaban J connectivity index is 0. The number of carboxylic acid groups (broad SMARTS) is 1. The van der Waals surface area contributed by atoms with E-state index in [2.05, 4.69) is 20.8 Å². The fraction of sp³-hybridized carbons (Fsp3) is 0.900. The summed E-state index contributed by atoms with van der Waals surface area (Å²) in [5.74, 6) is -0.535. The van der Waals surface area contributed by atoms with E-state index in [0.29, 0.717) is 12.3 Å². The molecule has 0 rings (SSSR count). The first-order chi connectivity index (χ1) is 5.72.